The second-order valence-electron chi connectivity index (χ2n) is 9.45. The second-order valence-corrected chi connectivity index (χ2v) is 9.45. The lowest BCUT2D eigenvalue weighted by Crippen LogP contribution is -2.39. The van der Waals surface area contributed by atoms with Crippen LogP contribution in [0, 0.1) is 11.3 Å². The van der Waals surface area contributed by atoms with Crippen molar-refractivity contribution in [2.24, 2.45) is 0 Å². The first-order chi connectivity index (χ1) is 19.5. The van der Waals surface area contributed by atoms with Crippen LogP contribution in [0.4, 0.5) is 17.1 Å². The van der Waals surface area contributed by atoms with Crippen molar-refractivity contribution in [1.82, 2.24) is 10.2 Å². The molecule has 0 bridgehead atoms. The number of morpholine rings is 1. The molecule has 9 nitrogen and oxygen atoms in total. The van der Waals surface area contributed by atoms with Crippen molar-refractivity contribution < 1.29 is 14.3 Å². The molecule has 1 aliphatic rings. The third-order valence-corrected chi connectivity index (χ3v) is 6.56. The molecule has 0 aliphatic carbocycles. The molecular formula is C31H34N6O3. The van der Waals surface area contributed by atoms with Gasteiger partial charge in [-0.25, -0.2) is 0 Å². The summed E-state index contributed by atoms with van der Waals surface area (Å²) in [6, 6.07) is 22.8. The molecule has 0 spiro atoms. The molecule has 1 fully saturated rings. The van der Waals surface area contributed by atoms with E-state index in [2.05, 4.69) is 26.9 Å². The van der Waals surface area contributed by atoms with Crippen LogP contribution in [-0.4, -0.2) is 56.1 Å². The normalized spacial score (nSPS) is 14.4. The molecule has 5 N–H and O–H groups in total. The Bertz CT molecular complexity index is 1340. The van der Waals surface area contributed by atoms with Crippen LogP contribution in [0.3, 0.4) is 0 Å². The molecule has 0 aromatic heterocycles. The predicted octanol–water partition coefficient (Wildman–Crippen LogP) is 3.78. The minimum Gasteiger partial charge on any atom is -0.397 e. The highest BCUT2D eigenvalue weighted by Gasteiger charge is 2.20. The molecule has 1 heterocycles. The highest BCUT2D eigenvalue weighted by atomic mass is 16.5. The third kappa shape index (κ3) is 8.51. The summed E-state index contributed by atoms with van der Waals surface area (Å²) in [4.78, 5) is 28.0. The summed E-state index contributed by atoms with van der Waals surface area (Å²) in [6.45, 7) is 4.95. The zero-order chi connectivity index (χ0) is 28.2. The maximum Gasteiger partial charge on any atom is 0.248 e. The quantitative estimate of drug-likeness (QED) is 0.166. The van der Waals surface area contributed by atoms with Crippen LogP contribution in [0.25, 0.3) is 6.08 Å². The Morgan fingerprint density at radius 1 is 1.00 bits per heavy atom. The van der Waals surface area contributed by atoms with Gasteiger partial charge in [0.25, 0.3) is 0 Å². The molecule has 3 aromatic rings. The Morgan fingerprint density at radius 3 is 2.42 bits per heavy atom. The van der Waals surface area contributed by atoms with Gasteiger partial charge in [-0.05, 0) is 73.1 Å². The van der Waals surface area contributed by atoms with Gasteiger partial charge in [0.05, 0.1) is 36.2 Å². The number of nitrogen functional groups attached to an aromatic ring is 1. The highest BCUT2D eigenvalue weighted by Crippen LogP contribution is 2.19. The summed E-state index contributed by atoms with van der Waals surface area (Å²) in [7, 11) is 0. The topological polar surface area (TPSA) is 133 Å². The number of nitrogens with two attached hydrogens (primary N) is 1. The lowest BCUT2D eigenvalue weighted by atomic mass is 10.0. The number of hydrogen-bond donors (Lipinski definition) is 4. The Kier molecular flexibility index (Phi) is 10.4. The number of ether oxygens (including phenoxy) is 1. The van der Waals surface area contributed by atoms with Crippen LogP contribution in [0.1, 0.15) is 29.2 Å². The first-order valence-corrected chi connectivity index (χ1v) is 13.3. The smallest absolute Gasteiger partial charge is 0.248 e. The zero-order valence-electron chi connectivity index (χ0n) is 22.3. The number of carbonyl (C=O) groups excluding carboxylic acids is 2. The van der Waals surface area contributed by atoms with E-state index in [0.717, 1.165) is 50.4 Å². The van der Waals surface area contributed by atoms with Crippen molar-refractivity contribution >= 4 is 35.0 Å². The molecule has 2 amide bonds. The minimum absolute atomic E-state index is 0.195. The lowest BCUT2D eigenvalue weighted by molar-refractivity contribution is -0.118. The summed E-state index contributed by atoms with van der Waals surface area (Å²) in [5.41, 5.74) is 9.71. The number of carbonyl (C=O) groups is 2. The Morgan fingerprint density at radius 2 is 1.73 bits per heavy atom. The molecule has 4 rings (SSSR count). The number of anilines is 3. The van der Waals surface area contributed by atoms with Gasteiger partial charge in [0, 0.05) is 24.9 Å². The predicted molar refractivity (Wildman–Crippen MR) is 157 cm³/mol. The molecule has 206 valence electrons. The van der Waals surface area contributed by atoms with E-state index in [-0.39, 0.29) is 11.8 Å². The van der Waals surface area contributed by atoms with E-state index >= 15 is 0 Å². The van der Waals surface area contributed by atoms with Crippen molar-refractivity contribution in [3.63, 3.8) is 0 Å². The molecule has 1 unspecified atom stereocenters. The third-order valence-electron chi connectivity index (χ3n) is 6.56. The average molecular weight is 539 g/mol. The van der Waals surface area contributed by atoms with E-state index in [4.69, 9.17) is 15.7 Å². The summed E-state index contributed by atoms with van der Waals surface area (Å²) in [6.07, 6.45) is 4.04. The fourth-order valence-electron chi connectivity index (χ4n) is 4.34. The lowest BCUT2D eigenvalue weighted by Gasteiger charge is -2.27. The van der Waals surface area contributed by atoms with Crippen molar-refractivity contribution in [3.8, 4) is 6.07 Å². The van der Waals surface area contributed by atoms with Gasteiger partial charge < -0.3 is 26.4 Å². The van der Waals surface area contributed by atoms with Crippen LogP contribution in [0.2, 0.25) is 0 Å². The molecule has 3 aromatic carbocycles. The number of nitrogens with zero attached hydrogens (tertiary/aromatic N) is 2. The van der Waals surface area contributed by atoms with Crippen LogP contribution in [-0.2, 0) is 14.3 Å². The summed E-state index contributed by atoms with van der Waals surface area (Å²) in [5.74, 6) is -0.484. The maximum atomic E-state index is 13.3. The van der Waals surface area contributed by atoms with E-state index < -0.39 is 6.04 Å². The van der Waals surface area contributed by atoms with Gasteiger partial charge in [-0.15, -0.1) is 0 Å². The van der Waals surface area contributed by atoms with Crippen LogP contribution in [0.15, 0.2) is 78.9 Å². The molecule has 1 saturated heterocycles. The van der Waals surface area contributed by atoms with E-state index in [1.54, 1.807) is 54.6 Å². The van der Waals surface area contributed by atoms with Crippen molar-refractivity contribution in [3.05, 3.63) is 95.6 Å². The number of nitrogens with one attached hydrogen (secondary N) is 3. The van der Waals surface area contributed by atoms with Crippen molar-refractivity contribution in [2.75, 3.05) is 55.8 Å². The number of hydrogen-bond acceptors (Lipinski definition) is 7. The van der Waals surface area contributed by atoms with Crippen molar-refractivity contribution in [1.29, 1.82) is 5.26 Å². The van der Waals surface area contributed by atoms with Gasteiger partial charge >= 0.3 is 0 Å². The molecule has 1 aliphatic heterocycles. The molecule has 0 radical (unpaired) electrons. The van der Waals surface area contributed by atoms with Gasteiger partial charge in [-0.2, -0.15) is 5.26 Å². The molecule has 1 atom stereocenters. The van der Waals surface area contributed by atoms with E-state index in [1.807, 2.05) is 24.3 Å². The van der Waals surface area contributed by atoms with Gasteiger partial charge in [0.2, 0.25) is 11.8 Å². The van der Waals surface area contributed by atoms with Gasteiger partial charge in [0.1, 0.15) is 6.04 Å². The largest absolute Gasteiger partial charge is 0.397 e. The number of benzene rings is 3. The Balaban J connectivity index is 1.40. The number of nitriles is 1. The highest BCUT2D eigenvalue weighted by molar-refractivity contribution is 6.03. The molecule has 40 heavy (non-hydrogen) atoms. The average Bonchev–Trinajstić information content (AvgIpc) is 2.98. The second kappa shape index (κ2) is 14.6. The summed E-state index contributed by atoms with van der Waals surface area (Å²) >= 11 is 0. The van der Waals surface area contributed by atoms with Gasteiger partial charge in [-0.3, -0.25) is 14.5 Å². The molecular weight excluding hydrogens is 504 g/mol. The van der Waals surface area contributed by atoms with E-state index in [0.29, 0.717) is 29.2 Å². The van der Waals surface area contributed by atoms with Crippen LogP contribution >= 0.6 is 0 Å². The fourth-order valence-corrected chi connectivity index (χ4v) is 4.34. The Hall–Kier alpha value is -4.49. The van der Waals surface area contributed by atoms with E-state index in [9.17, 15) is 9.59 Å². The standard InChI is InChI=1S/C31H34N6O3/c32-22-24-8-13-26(14-9-24)35-31(39)30(34-16-3-17-37-18-20-40-21-19-37)25-11-6-23(7-12-25)10-15-29(38)36-28-5-2-1-4-27(28)33/h1-2,4-15,30,34H,3,16-21,33H2,(H,35,39)(H,36,38)/b15-10+. The van der Waals surface area contributed by atoms with Gasteiger partial charge in [-0.1, -0.05) is 36.4 Å². The first-order valence-electron chi connectivity index (χ1n) is 13.3. The Labute approximate surface area is 234 Å². The monoisotopic (exact) mass is 538 g/mol. The number of para-hydroxylation sites is 2. The number of amides is 2. The maximum absolute atomic E-state index is 13.3. The van der Waals surface area contributed by atoms with Crippen LogP contribution < -0.4 is 21.7 Å². The van der Waals surface area contributed by atoms with Gasteiger partial charge in [0.15, 0.2) is 0 Å². The summed E-state index contributed by atoms with van der Waals surface area (Å²) in [5, 5.41) is 18.2. The zero-order valence-corrected chi connectivity index (χ0v) is 22.3. The molecule has 0 saturated carbocycles. The fraction of sp³-hybridized carbons (Fsp3) is 0.258. The van der Waals surface area contributed by atoms with Crippen LogP contribution in [0.5, 0.6) is 0 Å². The number of rotatable bonds is 11. The SMILES string of the molecule is N#Cc1ccc(NC(=O)C(NCCCN2CCOCC2)c2ccc(/C=C/C(=O)Nc3ccccc3N)cc2)cc1. The molecule has 9 heteroatoms. The van der Waals surface area contributed by atoms with Crippen molar-refractivity contribution in [2.45, 2.75) is 12.5 Å². The minimum atomic E-state index is -0.581. The first kappa shape index (κ1) is 28.5. The summed E-state index contributed by atoms with van der Waals surface area (Å²) < 4.78 is 5.42. The van der Waals surface area contributed by atoms with E-state index in [1.165, 1.54) is 6.08 Å².